The van der Waals surface area contributed by atoms with E-state index in [4.69, 9.17) is 4.98 Å². The number of quaternary nitrogens is 1. The van der Waals surface area contributed by atoms with Crippen molar-refractivity contribution in [3.8, 4) is 0 Å². The third-order valence-electron chi connectivity index (χ3n) is 3.71. The molecule has 0 spiro atoms. The SMILES string of the molecule is CCCn1c([C@H](C)[NH2+]CC(C)C)nc2ccccc2c1=O. The van der Waals surface area contributed by atoms with Crippen LogP contribution in [-0.2, 0) is 6.54 Å². The monoisotopic (exact) mass is 288 g/mol. The first-order chi connectivity index (χ1) is 10.0. The lowest BCUT2D eigenvalue weighted by Gasteiger charge is -2.17. The minimum atomic E-state index is 0.0854. The maximum absolute atomic E-state index is 12.7. The van der Waals surface area contributed by atoms with E-state index in [0.29, 0.717) is 11.3 Å². The summed E-state index contributed by atoms with van der Waals surface area (Å²) in [5, 5.41) is 2.98. The smallest absolute Gasteiger partial charge is 0.261 e. The van der Waals surface area contributed by atoms with Gasteiger partial charge in [-0.25, -0.2) is 4.98 Å². The second-order valence-corrected chi connectivity index (χ2v) is 6.10. The summed E-state index contributed by atoms with van der Waals surface area (Å²) >= 11 is 0. The van der Waals surface area contributed by atoms with Crippen molar-refractivity contribution in [1.82, 2.24) is 9.55 Å². The Labute approximate surface area is 126 Å². The van der Waals surface area contributed by atoms with Gasteiger partial charge < -0.3 is 5.32 Å². The van der Waals surface area contributed by atoms with Crippen LogP contribution < -0.4 is 10.9 Å². The van der Waals surface area contributed by atoms with Gasteiger partial charge in [0.2, 0.25) is 0 Å². The summed E-state index contributed by atoms with van der Waals surface area (Å²) in [6, 6.07) is 7.81. The molecule has 1 aromatic carbocycles. The molecule has 0 radical (unpaired) electrons. The van der Waals surface area contributed by atoms with E-state index in [2.05, 4.69) is 33.0 Å². The van der Waals surface area contributed by atoms with Gasteiger partial charge >= 0.3 is 0 Å². The first-order valence-electron chi connectivity index (χ1n) is 7.87. The van der Waals surface area contributed by atoms with Gasteiger partial charge in [0.05, 0.1) is 17.4 Å². The lowest BCUT2D eigenvalue weighted by Crippen LogP contribution is -2.86. The summed E-state index contributed by atoms with van der Waals surface area (Å²) in [6.07, 6.45) is 0.934. The summed E-state index contributed by atoms with van der Waals surface area (Å²) in [6.45, 7) is 10.4. The minimum Gasteiger partial charge on any atom is -0.338 e. The Hall–Kier alpha value is -1.68. The first kappa shape index (κ1) is 15.7. The normalized spacial score (nSPS) is 13.0. The van der Waals surface area contributed by atoms with Gasteiger partial charge in [0.15, 0.2) is 5.82 Å². The maximum Gasteiger partial charge on any atom is 0.261 e. The first-order valence-corrected chi connectivity index (χ1v) is 7.87. The third-order valence-corrected chi connectivity index (χ3v) is 3.71. The van der Waals surface area contributed by atoms with Crippen LogP contribution in [0.2, 0.25) is 0 Å². The molecule has 21 heavy (non-hydrogen) atoms. The molecular formula is C17H26N3O+. The maximum atomic E-state index is 12.7. The molecule has 0 saturated heterocycles. The van der Waals surface area contributed by atoms with Gasteiger partial charge in [0, 0.05) is 12.5 Å². The van der Waals surface area contributed by atoms with Crippen LogP contribution in [0.1, 0.15) is 46.0 Å². The number of benzene rings is 1. The highest BCUT2D eigenvalue weighted by atomic mass is 16.1. The van der Waals surface area contributed by atoms with Gasteiger partial charge in [-0.05, 0) is 25.5 Å². The second kappa shape index (κ2) is 6.85. The van der Waals surface area contributed by atoms with Gasteiger partial charge in [0.1, 0.15) is 6.04 Å². The summed E-state index contributed by atoms with van der Waals surface area (Å²) in [7, 11) is 0. The van der Waals surface area contributed by atoms with E-state index in [1.807, 2.05) is 28.8 Å². The zero-order chi connectivity index (χ0) is 15.4. The van der Waals surface area contributed by atoms with E-state index >= 15 is 0 Å². The Balaban J connectivity index is 2.49. The Morgan fingerprint density at radius 1 is 1.24 bits per heavy atom. The van der Waals surface area contributed by atoms with Crippen molar-refractivity contribution in [2.75, 3.05) is 6.54 Å². The summed E-state index contributed by atoms with van der Waals surface area (Å²) in [5.41, 5.74) is 0.886. The number of nitrogens with zero attached hydrogens (tertiary/aromatic N) is 2. The van der Waals surface area contributed by atoms with Crippen molar-refractivity contribution in [2.24, 2.45) is 5.92 Å². The molecule has 0 fully saturated rings. The number of nitrogens with two attached hydrogens (primary N) is 1. The van der Waals surface area contributed by atoms with Gasteiger partial charge in [-0.2, -0.15) is 0 Å². The fourth-order valence-electron chi connectivity index (χ4n) is 2.55. The number of aromatic nitrogens is 2. The molecule has 4 nitrogen and oxygen atoms in total. The number of hydrogen-bond acceptors (Lipinski definition) is 2. The van der Waals surface area contributed by atoms with Crippen LogP contribution in [0.5, 0.6) is 0 Å². The van der Waals surface area contributed by atoms with Crippen LogP contribution in [0.3, 0.4) is 0 Å². The summed E-state index contributed by atoms with van der Waals surface area (Å²) in [4.78, 5) is 17.5. The second-order valence-electron chi connectivity index (χ2n) is 6.10. The van der Waals surface area contributed by atoms with Crippen molar-refractivity contribution < 1.29 is 5.32 Å². The number of para-hydroxylation sites is 1. The van der Waals surface area contributed by atoms with Gasteiger partial charge in [-0.3, -0.25) is 9.36 Å². The zero-order valence-electron chi connectivity index (χ0n) is 13.5. The van der Waals surface area contributed by atoms with Crippen LogP contribution in [0.25, 0.3) is 10.9 Å². The van der Waals surface area contributed by atoms with Crippen molar-refractivity contribution in [3.63, 3.8) is 0 Å². The van der Waals surface area contributed by atoms with Crippen molar-refractivity contribution >= 4 is 10.9 Å². The Morgan fingerprint density at radius 3 is 2.62 bits per heavy atom. The molecular weight excluding hydrogens is 262 g/mol. The molecule has 0 amide bonds. The van der Waals surface area contributed by atoms with E-state index in [1.165, 1.54) is 0 Å². The van der Waals surface area contributed by atoms with E-state index in [1.54, 1.807) is 0 Å². The summed E-state index contributed by atoms with van der Waals surface area (Å²) in [5.74, 6) is 1.51. The largest absolute Gasteiger partial charge is 0.338 e. The molecule has 2 aromatic rings. The highest BCUT2D eigenvalue weighted by molar-refractivity contribution is 5.77. The zero-order valence-corrected chi connectivity index (χ0v) is 13.5. The summed E-state index contributed by atoms with van der Waals surface area (Å²) < 4.78 is 1.85. The van der Waals surface area contributed by atoms with Crippen LogP contribution in [0.4, 0.5) is 0 Å². The standard InChI is InChI=1S/C17H25N3O/c1-5-10-20-16(13(4)18-11-12(2)3)19-15-9-7-6-8-14(15)17(20)21/h6-9,12-13,18H,5,10-11H2,1-4H3/p+1/t13-/m0/s1. The highest BCUT2D eigenvalue weighted by Crippen LogP contribution is 2.12. The average Bonchev–Trinajstić information content (AvgIpc) is 2.47. The van der Waals surface area contributed by atoms with Gasteiger partial charge in [-0.1, -0.05) is 32.9 Å². The van der Waals surface area contributed by atoms with E-state index in [0.717, 1.165) is 30.9 Å². The molecule has 1 heterocycles. The predicted molar refractivity (Wildman–Crippen MR) is 86.3 cm³/mol. The predicted octanol–water partition coefficient (Wildman–Crippen LogP) is 2.09. The molecule has 4 heteroatoms. The van der Waals surface area contributed by atoms with Crippen molar-refractivity contribution in [3.05, 3.63) is 40.4 Å². The van der Waals surface area contributed by atoms with Crippen LogP contribution >= 0.6 is 0 Å². The molecule has 1 atom stereocenters. The van der Waals surface area contributed by atoms with Crippen LogP contribution in [0, 0.1) is 5.92 Å². The molecule has 114 valence electrons. The molecule has 0 aliphatic rings. The van der Waals surface area contributed by atoms with E-state index in [9.17, 15) is 4.79 Å². The molecule has 0 bridgehead atoms. The molecule has 0 saturated carbocycles. The topological polar surface area (TPSA) is 51.5 Å². The fourth-order valence-corrected chi connectivity index (χ4v) is 2.55. The number of hydrogen-bond donors (Lipinski definition) is 1. The van der Waals surface area contributed by atoms with Crippen molar-refractivity contribution in [1.29, 1.82) is 0 Å². The van der Waals surface area contributed by atoms with Gasteiger partial charge in [-0.15, -0.1) is 0 Å². The molecule has 2 rings (SSSR count). The fraction of sp³-hybridized carbons (Fsp3) is 0.529. The molecule has 1 aromatic heterocycles. The molecule has 2 N–H and O–H groups in total. The van der Waals surface area contributed by atoms with Crippen LogP contribution in [0.15, 0.2) is 29.1 Å². The third kappa shape index (κ3) is 3.50. The Bertz CT molecular complexity index is 661. The molecule has 0 aliphatic heterocycles. The number of fused-ring (bicyclic) bond motifs is 1. The van der Waals surface area contributed by atoms with Crippen molar-refractivity contribution in [2.45, 2.75) is 46.7 Å². The van der Waals surface area contributed by atoms with E-state index < -0.39 is 0 Å². The number of rotatable bonds is 6. The Morgan fingerprint density at radius 2 is 1.95 bits per heavy atom. The average molecular weight is 288 g/mol. The van der Waals surface area contributed by atoms with E-state index in [-0.39, 0.29) is 11.6 Å². The molecule has 0 aliphatic carbocycles. The quantitative estimate of drug-likeness (QED) is 0.885. The lowest BCUT2D eigenvalue weighted by molar-refractivity contribution is -0.698. The highest BCUT2D eigenvalue weighted by Gasteiger charge is 2.18. The van der Waals surface area contributed by atoms with Crippen LogP contribution in [-0.4, -0.2) is 16.1 Å². The Kier molecular flexibility index (Phi) is 5.12. The van der Waals surface area contributed by atoms with Gasteiger partial charge in [0.25, 0.3) is 5.56 Å². The lowest BCUT2D eigenvalue weighted by atomic mass is 10.2. The molecule has 0 unspecified atom stereocenters. The minimum absolute atomic E-state index is 0.0854.